The van der Waals surface area contributed by atoms with Crippen LogP contribution in [0.2, 0.25) is 0 Å². The van der Waals surface area contributed by atoms with Gasteiger partial charge in [-0.3, -0.25) is 4.98 Å². The molecule has 4 nitrogen and oxygen atoms in total. The molecule has 0 aliphatic rings. The van der Waals surface area contributed by atoms with Crippen molar-refractivity contribution in [2.24, 2.45) is 0 Å². The molecule has 0 aliphatic carbocycles. The Labute approximate surface area is 98.3 Å². The predicted molar refractivity (Wildman–Crippen MR) is 65.6 cm³/mol. The van der Waals surface area contributed by atoms with Gasteiger partial charge >= 0.3 is 0 Å². The van der Waals surface area contributed by atoms with Crippen LogP contribution in [-0.4, -0.2) is 9.97 Å². The molecule has 0 spiro atoms. The summed E-state index contributed by atoms with van der Waals surface area (Å²) >= 11 is 0. The van der Waals surface area contributed by atoms with Gasteiger partial charge < -0.3 is 9.73 Å². The summed E-state index contributed by atoms with van der Waals surface area (Å²) in [6, 6.07) is 14.0. The number of anilines is 1. The van der Waals surface area contributed by atoms with Crippen LogP contribution < -0.4 is 5.32 Å². The Hall–Kier alpha value is -2.36. The summed E-state index contributed by atoms with van der Waals surface area (Å²) in [4.78, 5) is 8.54. The van der Waals surface area contributed by atoms with Crippen LogP contribution in [0, 0.1) is 0 Å². The zero-order chi connectivity index (χ0) is 11.5. The molecular formula is C13H11N3O. The lowest BCUT2D eigenvalue weighted by Crippen LogP contribution is -2.00. The smallest absolute Gasteiger partial charge is 0.296 e. The highest BCUT2D eigenvalue weighted by Gasteiger charge is 2.03. The minimum Gasteiger partial charge on any atom is -0.424 e. The third kappa shape index (κ3) is 2.10. The quantitative estimate of drug-likeness (QED) is 0.744. The molecule has 17 heavy (non-hydrogen) atoms. The van der Waals surface area contributed by atoms with Crippen molar-refractivity contribution >= 4 is 17.1 Å². The summed E-state index contributed by atoms with van der Waals surface area (Å²) in [5.41, 5.74) is 2.60. The molecular weight excluding hydrogens is 214 g/mol. The number of oxazole rings is 1. The summed E-state index contributed by atoms with van der Waals surface area (Å²) in [6.07, 6.45) is 1.77. The minimum atomic E-state index is 0.525. The van der Waals surface area contributed by atoms with Crippen LogP contribution in [0.25, 0.3) is 11.1 Å². The molecule has 0 saturated heterocycles. The maximum Gasteiger partial charge on any atom is 0.296 e. The number of benzene rings is 1. The molecule has 0 amide bonds. The first-order valence-electron chi connectivity index (χ1n) is 5.41. The van der Waals surface area contributed by atoms with E-state index in [1.165, 1.54) is 0 Å². The number of aromatic nitrogens is 2. The topological polar surface area (TPSA) is 51.0 Å². The van der Waals surface area contributed by atoms with Crippen molar-refractivity contribution in [2.45, 2.75) is 6.54 Å². The van der Waals surface area contributed by atoms with Crippen LogP contribution in [0.3, 0.4) is 0 Å². The highest BCUT2D eigenvalue weighted by atomic mass is 16.4. The molecule has 0 atom stereocenters. The monoisotopic (exact) mass is 225 g/mol. The first-order chi connectivity index (χ1) is 8.42. The Morgan fingerprint density at radius 1 is 1.06 bits per heavy atom. The molecule has 3 rings (SSSR count). The second kappa shape index (κ2) is 4.25. The second-order valence-corrected chi connectivity index (χ2v) is 3.66. The first-order valence-corrected chi connectivity index (χ1v) is 5.41. The number of para-hydroxylation sites is 2. The molecule has 1 aromatic carbocycles. The standard InChI is InChI=1S/C13H11N3O/c1-2-7-12-11(6-1)16-13(17-12)15-9-10-5-3-4-8-14-10/h1-8H,9H2,(H,15,16). The van der Waals surface area contributed by atoms with Crippen LogP contribution >= 0.6 is 0 Å². The molecule has 1 N–H and O–H groups in total. The molecule has 3 aromatic rings. The zero-order valence-corrected chi connectivity index (χ0v) is 9.13. The van der Waals surface area contributed by atoms with E-state index < -0.39 is 0 Å². The van der Waals surface area contributed by atoms with Crippen LogP contribution in [0.1, 0.15) is 5.69 Å². The van der Waals surface area contributed by atoms with Crippen LogP contribution in [0.4, 0.5) is 6.01 Å². The van der Waals surface area contributed by atoms with Gasteiger partial charge in [-0.2, -0.15) is 4.98 Å². The third-order valence-corrected chi connectivity index (χ3v) is 2.44. The highest BCUT2D eigenvalue weighted by molar-refractivity contribution is 5.74. The van der Waals surface area contributed by atoms with Gasteiger partial charge in [0.25, 0.3) is 6.01 Å². The van der Waals surface area contributed by atoms with Crippen molar-refractivity contribution in [3.05, 3.63) is 54.4 Å². The number of pyridine rings is 1. The summed E-state index contributed by atoms with van der Waals surface area (Å²) in [5, 5.41) is 3.11. The normalized spacial score (nSPS) is 10.6. The van der Waals surface area contributed by atoms with Gasteiger partial charge in [0.15, 0.2) is 5.58 Å². The van der Waals surface area contributed by atoms with Gasteiger partial charge in [-0.1, -0.05) is 18.2 Å². The highest BCUT2D eigenvalue weighted by Crippen LogP contribution is 2.18. The van der Waals surface area contributed by atoms with Crippen LogP contribution in [0.5, 0.6) is 0 Å². The number of hydrogen-bond donors (Lipinski definition) is 1. The van der Waals surface area contributed by atoms with E-state index in [1.807, 2.05) is 42.5 Å². The summed E-state index contributed by atoms with van der Waals surface area (Å²) in [5.74, 6) is 0. The number of hydrogen-bond acceptors (Lipinski definition) is 4. The number of rotatable bonds is 3. The van der Waals surface area contributed by atoms with Gasteiger partial charge in [0.1, 0.15) is 5.52 Å². The Morgan fingerprint density at radius 3 is 2.76 bits per heavy atom. The average Bonchev–Trinajstić information content (AvgIpc) is 2.80. The molecule has 2 aromatic heterocycles. The molecule has 0 fully saturated rings. The fourth-order valence-electron chi connectivity index (χ4n) is 1.62. The van der Waals surface area contributed by atoms with Gasteiger partial charge in [-0.25, -0.2) is 0 Å². The molecule has 4 heteroatoms. The van der Waals surface area contributed by atoms with E-state index in [4.69, 9.17) is 4.42 Å². The lowest BCUT2D eigenvalue weighted by molar-refractivity contribution is 0.613. The molecule has 0 bridgehead atoms. The maximum atomic E-state index is 5.54. The SMILES string of the molecule is c1ccc(CNc2nc3ccccc3o2)nc1. The molecule has 0 unspecified atom stereocenters. The molecule has 0 saturated carbocycles. The van der Waals surface area contributed by atoms with Crippen LogP contribution in [0.15, 0.2) is 53.1 Å². The van der Waals surface area contributed by atoms with Crippen molar-refractivity contribution in [2.75, 3.05) is 5.32 Å². The first kappa shape index (κ1) is 9.84. The van der Waals surface area contributed by atoms with Gasteiger partial charge in [0, 0.05) is 6.20 Å². The van der Waals surface area contributed by atoms with Gasteiger partial charge in [0.2, 0.25) is 0 Å². The van der Waals surface area contributed by atoms with E-state index in [0.29, 0.717) is 12.6 Å². The lowest BCUT2D eigenvalue weighted by atomic mass is 10.3. The van der Waals surface area contributed by atoms with E-state index in [0.717, 1.165) is 16.8 Å². The summed E-state index contributed by atoms with van der Waals surface area (Å²) in [6.45, 7) is 0.605. The molecule has 0 radical (unpaired) electrons. The average molecular weight is 225 g/mol. The number of fused-ring (bicyclic) bond motifs is 1. The lowest BCUT2D eigenvalue weighted by Gasteiger charge is -1.99. The minimum absolute atomic E-state index is 0.525. The Balaban J connectivity index is 1.77. The van der Waals surface area contributed by atoms with Crippen molar-refractivity contribution in [3.63, 3.8) is 0 Å². The Bertz CT molecular complexity index is 586. The van der Waals surface area contributed by atoms with Gasteiger partial charge in [-0.15, -0.1) is 0 Å². The largest absolute Gasteiger partial charge is 0.424 e. The van der Waals surface area contributed by atoms with E-state index in [9.17, 15) is 0 Å². The Morgan fingerprint density at radius 2 is 1.94 bits per heavy atom. The fourth-order valence-corrected chi connectivity index (χ4v) is 1.62. The maximum absolute atomic E-state index is 5.54. The van der Waals surface area contributed by atoms with E-state index >= 15 is 0 Å². The van der Waals surface area contributed by atoms with Crippen LogP contribution in [-0.2, 0) is 6.54 Å². The summed E-state index contributed by atoms with van der Waals surface area (Å²) in [7, 11) is 0. The van der Waals surface area contributed by atoms with Crippen molar-refractivity contribution in [3.8, 4) is 0 Å². The molecule has 2 heterocycles. The predicted octanol–water partition coefficient (Wildman–Crippen LogP) is 2.83. The Kier molecular flexibility index (Phi) is 2.46. The van der Waals surface area contributed by atoms with Gasteiger partial charge in [0.05, 0.1) is 12.2 Å². The second-order valence-electron chi connectivity index (χ2n) is 3.66. The number of nitrogens with zero attached hydrogens (tertiary/aromatic N) is 2. The van der Waals surface area contributed by atoms with Gasteiger partial charge in [-0.05, 0) is 24.3 Å². The van der Waals surface area contributed by atoms with Crippen molar-refractivity contribution < 1.29 is 4.42 Å². The molecule has 0 aliphatic heterocycles. The van der Waals surface area contributed by atoms with Crippen molar-refractivity contribution in [1.29, 1.82) is 0 Å². The number of nitrogens with one attached hydrogen (secondary N) is 1. The zero-order valence-electron chi connectivity index (χ0n) is 9.13. The third-order valence-electron chi connectivity index (χ3n) is 2.44. The summed E-state index contributed by atoms with van der Waals surface area (Å²) < 4.78 is 5.54. The fraction of sp³-hybridized carbons (Fsp3) is 0.0769. The van der Waals surface area contributed by atoms with E-state index in [2.05, 4.69) is 15.3 Å². The van der Waals surface area contributed by atoms with E-state index in [-0.39, 0.29) is 0 Å². The molecule has 84 valence electrons. The van der Waals surface area contributed by atoms with Crippen molar-refractivity contribution in [1.82, 2.24) is 9.97 Å². The van der Waals surface area contributed by atoms with E-state index in [1.54, 1.807) is 6.20 Å².